The third-order valence-electron chi connectivity index (χ3n) is 5.85. The zero-order valence-electron chi connectivity index (χ0n) is 18.6. The van der Waals surface area contributed by atoms with E-state index in [0.29, 0.717) is 31.6 Å². The number of hydrogen-bond donors (Lipinski definition) is 1. The number of rotatable bonds is 8. The molecular weight excluding hydrogens is 408 g/mol. The molecule has 3 rings (SSSR count). The Labute approximate surface area is 188 Å². The van der Waals surface area contributed by atoms with E-state index in [-0.39, 0.29) is 29.0 Å². The van der Waals surface area contributed by atoms with Gasteiger partial charge in [-0.15, -0.1) is 0 Å². The molecule has 0 radical (unpaired) electrons. The lowest BCUT2D eigenvalue weighted by Gasteiger charge is -2.33. The Morgan fingerprint density at radius 2 is 1.84 bits per heavy atom. The number of piperidine rings is 1. The molecule has 1 aliphatic rings. The fourth-order valence-corrected chi connectivity index (χ4v) is 3.93. The quantitative estimate of drug-likeness (QED) is 0.485. The molecule has 0 saturated carbocycles. The number of carbonyl (C=O) groups excluding carboxylic acids is 2. The Bertz CT molecular complexity index is 956. The molecule has 0 bridgehead atoms. The molecule has 0 spiro atoms. The van der Waals surface area contributed by atoms with Gasteiger partial charge in [0, 0.05) is 49.9 Å². The van der Waals surface area contributed by atoms with Crippen LogP contribution in [0.2, 0.25) is 0 Å². The number of benzene rings is 2. The van der Waals surface area contributed by atoms with Crippen LogP contribution >= 0.6 is 0 Å². The summed E-state index contributed by atoms with van der Waals surface area (Å²) in [6.45, 7) is 3.78. The van der Waals surface area contributed by atoms with Gasteiger partial charge in [-0.05, 0) is 43.5 Å². The van der Waals surface area contributed by atoms with Crippen LogP contribution in [0, 0.1) is 16.0 Å². The summed E-state index contributed by atoms with van der Waals surface area (Å²) < 4.78 is 0. The van der Waals surface area contributed by atoms with Crippen molar-refractivity contribution in [3.63, 3.8) is 0 Å². The number of carbonyl (C=O) groups is 2. The van der Waals surface area contributed by atoms with Crippen LogP contribution < -0.4 is 5.32 Å². The van der Waals surface area contributed by atoms with Crippen molar-refractivity contribution in [2.24, 2.45) is 5.92 Å². The summed E-state index contributed by atoms with van der Waals surface area (Å²) in [5.74, 6) is -0.185. The third-order valence-corrected chi connectivity index (χ3v) is 5.85. The molecule has 0 atom stereocenters. The van der Waals surface area contributed by atoms with Crippen molar-refractivity contribution in [1.29, 1.82) is 0 Å². The molecule has 8 nitrogen and oxygen atoms in total. The number of anilines is 2. The predicted molar refractivity (Wildman–Crippen MR) is 124 cm³/mol. The first-order valence-electron chi connectivity index (χ1n) is 11.1. The second-order valence-corrected chi connectivity index (χ2v) is 8.16. The predicted octanol–water partition coefficient (Wildman–Crippen LogP) is 4.45. The summed E-state index contributed by atoms with van der Waals surface area (Å²) in [6.07, 6.45) is 3.23. The van der Waals surface area contributed by atoms with Gasteiger partial charge in [-0.2, -0.15) is 0 Å². The average molecular weight is 439 g/mol. The maximum atomic E-state index is 13.0. The van der Waals surface area contributed by atoms with E-state index in [1.807, 2.05) is 37.4 Å². The van der Waals surface area contributed by atoms with E-state index >= 15 is 0 Å². The van der Waals surface area contributed by atoms with Gasteiger partial charge in [-0.3, -0.25) is 19.7 Å². The fraction of sp³-hybridized carbons (Fsp3) is 0.417. The standard InChI is InChI=1S/C24H30N4O4/c1-3-4-14-26(2)23(29)18-12-15-27(16-13-18)24(30)19-10-11-21(22(17-19)28(31)32)25-20-8-6-5-7-9-20/h5-11,17-18,25H,3-4,12-16H2,1-2H3. The van der Waals surface area contributed by atoms with Crippen LogP contribution in [-0.4, -0.2) is 53.2 Å². The molecule has 1 fully saturated rings. The molecule has 2 amide bonds. The molecule has 1 heterocycles. The van der Waals surface area contributed by atoms with E-state index in [4.69, 9.17) is 0 Å². The van der Waals surface area contributed by atoms with Crippen LogP contribution in [0.25, 0.3) is 0 Å². The summed E-state index contributed by atoms with van der Waals surface area (Å²) in [5, 5.41) is 14.7. The van der Waals surface area contributed by atoms with E-state index in [2.05, 4.69) is 12.2 Å². The molecule has 8 heteroatoms. The number of nitro benzene ring substituents is 1. The molecule has 1 saturated heterocycles. The van der Waals surface area contributed by atoms with Gasteiger partial charge in [0.05, 0.1) is 4.92 Å². The van der Waals surface area contributed by atoms with E-state index in [9.17, 15) is 19.7 Å². The van der Waals surface area contributed by atoms with Crippen LogP contribution in [0.15, 0.2) is 48.5 Å². The first-order valence-corrected chi connectivity index (χ1v) is 11.1. The highest BCUT2D eigenvalue weighted by molar-refractivity contribution is 5.96. The Hall–Kier alpha value is -3.42. The summed E-state index contributed by atoms with van der Waals surface area (Å²) >= 11 is 0. The Morgan fingerprint density at radius 1 is 1.16 bits per heavy atom. The molecule has 170 valence electrons. The summed E-state index contributed by atoms with van der Waals surface area (Å²) in [6, 6.07) is 13.7. The zero-order chi connectivity index (χ0) is 23.1. The molecule has 1 aliphatic heterocycles. The second kappa shape index (κ2) is 10.7. The smallest absolute Gasteiger partial charge is 0.293 e. The number of nitro groups is 1. The van der Waals surface area contributed by atoms with E-state index in [1.165, 1.54) is 6.07 Å². The second-order valence-electron chi connectivity index (χ2n) is 8.16. The van der Waals surface area contributed by atoms with Crippen LogP contribution in [0.4, 0.5) is 17.1 Å². The maximum absolute atomic E-state index is 13.0. The third kappa shape index (κ3) is 5.63. The molecule has 0 aromatic heterocycles. The zero-order valence-corrected chi connectivity index (χ0v) is 18.6. The summed E-state index contributed by atoms with van der Waals surface area (Å²) in [5.41, 5.74) is 1.19. The summed E-state index contributed by atoms with van der Waals surface area (Å²) in [4.78, 5) is 40.2. The van der Waals surface area contributed by atoms with Gasteiger partial charge in [0.1, 0.15) is 5.69 Å². The Kier molecular flexibility index (Phi) is 7.81. The number of nitrogens with zero attached hydrogens (tertiary/aromatic N) is 3. The molecule has 32 heavy (non-hydrogen) atoms. The lowest BCUT2D eigenvalue weighted by Crippen LogP contribution is -2.43. The van der Waals surface area contributed by atoms with Crippen molar-refractivity contribution in [2.45, 2.75) is 32.6 Å². The Balaban J connectivity index is 1.66. The minimum Gasteiger partial charge on any atom is -0.350 e. The molecule has 1 N–H and O–H groups in total. The molecule has 0 unspecified atom stereocenters. The lowest BCUT2D eigenvalue weighted by molar-refractivity contribution is -0.383. The molecular formula is C24H30N4O4. The minimum absolute atomic E-state index is 0.0762. The first kappa shape index (κ1) is 23.2. The number of amides is 2. The topological polar surface area (TPSA) is 95.8 Å². The number of hydrogen-bond acceptors (Lipinski definition) is 5. The largest absolute Gasteiger partial charge is 0.350 e. The van der Waals surface area contributed by atoms with Crippen LogP contribution in [-0.2, 0) is 4.79 Å². The van der Waals surface area contributed by atoms with Gasteiger partial charge in [0.2, 0.25) is 5.91 Å². The van der Waals surface area contributed by atoms with Gasteiger partial charge in [0.25, 0.3) is 11.6 Å². The van der Waals surface area contributed by atoms with Gasteiger partial charge < -0.3 is 15.1 Å². The van der Waals surface area contributed by atoms with Crippen LogP contribution in [0.3, 0.4) is 0 Å². The molecule has 2 aromatic carbocycles. The molecule has 0 aliphatic carbocycles. The van der Waals surface area contributed by atoms with Crippen molar-refractivity contribution in [3.05, 3.63) is 64.2 Å². The number of para-hydroxylation sites is 1. The van der Waals surface area contributed by atoms with Gasteiger partial charge in [0.15, 0.2) is 0 Å². The first-order chi connectivity index (χ1) is 15.4. The van der Waals surface area contributed by atoms with Gasteiger partial charge in [-0.25, -0.2) is 0 Å². The van der Waals surface area contributed by atoms with Crippen molar-refractivity contribution in [1.82, 2.24) is 9.80 Å². The van der Waals surface area contributed by atoms with E-state index in [0.717, 1.165) is 25.1 Å². The van der Waals surface area contributed by atoms with Gasteiger partial charge >= 0.3 is 0 Å². The van der Waals surface area contributed by atoms with Crippen molar-refractivity contribution >= 4 is 28.9 Å². The average Bonchev–Trinajstić information content (AvgIpc) is 2.82. The number of likely N-dealkylation sites (tertiary alicyclic amines) is 1. The van der Waals surface area contributed by atoms with Crippen LogP contribution in [0.1, 0.15) is 43.0 Å². The summed E-state index contributed by atoms with van der Waals surface area (Å²) in [7, 11) is 1.83. The highest BCUT2D eigenvalue weighted by Crippen LogP contribution is 2.30. The highest BCUT2D eigenvalue weighted by Gasteiger charge is 2.30. The fourth-order valence-electron chi connectivity index (χ4n) is 3.93. The van der Waals surface area contributed by atoms with Crippen molar-refractivity contribution in [2.75, 3.05) is 32.0 Å². The monoisotopic (exact) mass is 438 g/mol. The maximum Gasteiger partial charge on any atom is 0.293 e. The van der Waals surface area contributed by atoms with Crippen molar-refractivity contribution < 1.29 is 14.5 Å². The van der Waals surface area contributed by atoms with Crippen molar-refractivity contribution in [3.8, 4) is 0 Å². The van der Waals surface area contributed by atoms with Gasteiger partial charge in [-0.1, -0.05) is 31.5 Å². The SMILES string of the molecule is CCCCN(C)C(=O)C1CCN(C(=O)c2ccc(Nc3ccccc3)c([N+](=O)[O-])c2)CC1. The Morgan fingerprint density at radius 3 is 2.47 bits per heavy atom. The highest BCUT2D eigenvalue weighted by atomic mass is 16.6. The number of unbranched alkanes of at least 4 members (excludes halogenated alkanes) is 1. The number of nitrogens with one attached hydrogen (secondary N) is 1. The lowest BCUT2D eigenvalue weighted by atomic mass is 9.94. The molecule has 2 aromatic rings. The van der Waals surface area contributed by atoms with Crippen LogP contribution in [0.5, 0.6) is 0 Å². The van der Waals surface area contributed by atoms with E-state index < -0.39 is 4.92 Å². The minimum atomic E-state index is -0.487. The van der Waals surface area contributed by atoms with E-state index in [1.54, 1.807) is 21.9 Å². The normalized spacial score (nSPS) is 14.1.